The molecule has 1 aromatic carbocycles. The normalized spacial score (nSPS) is 10.4. The number of nitrogens with zero attached hydrogens (tertiary/aromatic N) is 1. The predicted molar refractivity (Wildman–Crippen MR) is 65.8 cm³/mol. The first-order chi connectivity index (χ1) is 8.16. The fourth-order valence-electron chi connectivity index (χ4n) is 1.32. The molecule has 1 aromatic heterocycles. The number of thioether (sulfide) groups is 1. The molecule has 0 saturated carbocycles. The number of benzene rings is 1. The smallest absolute Gasteiger partial charge is 0.271 e. The van der Waals surface area contributed by atoms with Crippen molar-refractivity contribution in [1.29, 1.82) is 0 Å². The number of non-ortho nitro benzene ring substituents is 1. The number of anilines is 1. The highest BCUT2D eigenvalue weighted by Gasteiger charge is 2.09. The Labute approximate surface area is 102 Å². The lowest BCUT2D eigenvalue weighted by atomic mass is 10.3. The third-order valence-corrected chi connectivity index (χ3v) is 3.27. The molecule has 2 rings (SSSR count). The zero-order valence-electron chi connectivity index (χ0n) is 8.83. The summed E-state index contributed by atoms with van der Waals surface area (Å²) in [5.74, 6) is 1.49. The first kappa shape index (κ1) is 11.5. The lowest BCUT2D eigenvalue weighted by Gasteiger charge is -2.03. The van der Waals surface area contributed by atoms with Crippen molar-refractivity contribution in [2.75, 3.05) is 5.73 Å². The van der Waals surface area contributed by atoms with Crippen molar-refractivity contribution in [3.05, 3.63) is 52.5 Å². The highest BCUT2D eigenvalue weighted by molar-refractivity contribution is 7.98. The van der Waals surface area contributed by atoms with Gasteiger partial charge in [0.2, 0.25) is 0 Å². The summed E-state index contributed by atoms with van der Waals surface area (Å²) in [6.45, 7) is 0. The molecule has 0 bridgehead atoms. The van der Waals surface area contributed by atoms with Gasteiger partial charge in [0.15, 0.2) is 0 Å². The summed E-state index contributed by atoms with van der Waals surface area (Å²) in [5.41, 5.74) is 6.16. The van der Waals surface area contributed by atoms with Gasteiger partial charge in [-0.3, -0.25) is 10.1 Å². The van der Waals surface area contributed by atoms with Crippen LogP contribution in [0.2, 0.25) is 0 Å². The maximum atomic E-state index is 10.5. The van der Waals surface area contributed by atoms with Crippen molar-refractivity contribution >= 4 is 23.1 Å². The zero-order chi connectivity index (χ0) is 12.3. The first-order valence-corrected chi connectivity index (χ1v) is 5.84. The standard InChI is InChI=1S/C11H10N2O3S/c12-10-6-8(13(14)15)3-4-11(10)17-7-9-2-1-5-16-9/h1-6H,7,12H2. The molecule has 0 spiro atoms. The Balaban J connectivity index is 2.09. The monoisotopic (exact) mass is 250 g/mol. The zero-order valence-corrected chi connectivity index (χ0v) is 9.65. The van der Waals surface area contributed by atoms with Crippen LogP contribution in [-0.4, -0.2) is 4.92 Å². The van der Waals surface area contributed by atoms with Crippen LogP contribution in [0.4, 0.5) is 11.4 Å². The number of nitrogens with two attached hydrogens (primary N) is 1. The van der Waals surface area contributed by atoms with E-state index in [1.54, 1.807) is 12.3 Å². The summed E-state index contributed by atoms with van der Waals surface area (Å²) in [6, 6.07) is 8.15. The van der Waals surface area contributed by atoms with Gasteiger partial charge in [0.25, 0.3) is 5.69 Å². The number of nitrogen functional groups attached to an aromatic ring is 1. The molecule has 0 unspecified atom stereocenters. The van der Waals surface area contributed by atoms with Crippen LogP contribution in [-0.2, 0) is 5.75 Å². The van der Waals surface area contributed by atoms with E-state index >= 15 is 0 Å². The molecular weight excluding hydrogens is 240 g/mol. The summed E-state index contributed by atoms with van der Waals surface area (Å²) in [4.78, 5) is 10.9. The molecule has 2 aromatic rings. The second-order valence-corrected chi connectivity index (χ2v) is 4.36. The average Bonchev–Trinajstić information content (AvgIpc) is 2.80. The molecule has 0 aliphatic carbocycles. The van der Waals surface area contributed by atoms with E-state index in [9.17, 15) is 10.1 Å². The minimum Gasteiger partial charge on any atom is -0.468 e. The van der Waals surface area contributed by atoms with E-state index in [2.05, 4.69) is 0 Å². The number of nitro benzene ring substituents is 1. The number of hydrogen-bond donors (Lipinski definition) is 1. The predicted octanol–water partition coefficient (Wildman–Crippen LogP) is 3.06. The Morgan fingerprint density at radius 1 is 1.41 bits per heavy atom. The molecule has 0 fully saturated rings. The molecule has 0 saturated heterocycles. The molecule has 0 amide bonds. The van der Waals surface area contributed by atoms with Gasteiger partial charge in [-0.05, 0) is 18.2 Å². The largest absolute Gasteiger partial charge is 0.468 e. The molecular formula is C11H10N2O3S. The second-order valence-electron chi connectivity index (χ2n) is 3.35. The fourth-order valence-corrected chi connectivity index (χ4v) is 2.18. The average molecular weight is 250 g/mol. The van der Waals surface area contributed by atoms with E-state index in [-0.39, 0.29) is 5.69 Å². The minimum atomic E-state index is -0.461. The van der Waals surface area contributed by atoms with Crippen LogP contribution in [0.3, 0.4) is 0 Å². The lowest BCUT2D eigenvalue weighted by molar-refractivity contribution is -0.384. The lowest BCUT2D eigenvalue weighted by Crippen LogP contribution is -1.93. The van der Waals surface area contributed by atoms with Gasteiger partial charge in [0, 0.05) is 17.0 Å². The van der Waals surface area contributed by atoms with Crippen LogP contribution in [0.15, 0.2) is 45.9 Å². The van der Waals surface area contributed by atoms with Gasteiger partial charge in [0.1, 0.15) is 5.76 Å². The summed E-state index contributed by atoms with van der Waals surface area (Å²) >= 11 is 1.48. The van der Waals surface area contributed by atoms with Crippen molar-refractivity contribution in [3.63, 3.8) is 0 Å². The van der Waals surface area contributed by atoms with E-state index in [1.165, 1.54) is 23.9 Å². The van der Waals surface area contributed by atoms with Crippen LogP contribution in [0.25, 0.3) is 0 Å². The maximum Gasteiger partial charge on any atom is 0.271 e. The Kier molecular flexibility index (Phi) is 3.34. The number of nitro groups is 1. The van der Waals surface area contributed by atoms with E-state index in [4.69, 9.17) is 10.2 Å². The highest BCUT2D eigenvalue weighted by Crippen LogP contribution is 2.30. The quantitative estimate of drug-likeness (QED) is 0.390. The Morgan fingerprint density at radius 3 is 2.82 bits per heavy atom. The molecule has 0 radical (unpaired) electrons. The molecule has 0 aliphatic rings. The molecule has 1 heterocycles. The number of furan rings is 1. The van der Waals surface area contributed by atoms with Gasteiger partial charge in [-0.1, -0.05) is 0 Å². The number of hydrogen-bond acceptors (Lipinski definition) is 5. The highest BCUT2D eigenvalue weighted by atomic mass is 32.2. The van der Waals surface area contributed by atoms with E-state index < -0.39 is 4.92 Å². The molecule has 5 nitrogen and oxygen atoms in total. The fraction of sp³-hybridized carbons (Fsp3) is 0.0909. The van der Waals surface area contributed by atoms with Crippen LogP contribution in [0, 0.1) is 10.1 Å². The summed E-state index contributed by atoms with van der Waals surface area (Å²) < 4.78 is 5.19. The molecule has 17 heavy (non-hydrogen) atoms. The third kappa shape index (κ3) is 2.79. The van der Waals surface area contributed by atoms with Crippen molar-refractivity contribution in [2.24, 2.45) is 0 Å². The van der Waals surface area contributed by atoms with Gasteiger partial charge in [-0.15, -0.1) is 11.8 Å². The van der Waals surface area contributed by atoms with Gasteiger partial charge in [0.05, 0.1) is 22.6 Å². The van der Waals surface area contributed by atoms with Crippen molar-refractivity contribution < 1.29 is 9.34 Å². The molecule has 2 N–H and O–H groups in total. The van der Waals surface area contributed by atoms with Crippen LogP contribution in [0.1, 0.15) is 5.76 Å². The van der Waals surface area contributed by atoms with E-state index in [0.717, 1.165) is 10.7 Å². The summed E-state index contributed by atoms with van der Waals surface area (Å²) in [7, 11) is 0. The first-order valence-electron chi connectivity index (χ1n) is 4.86. The number of rotatable bonds is 4. The van der Waals surface area contributed by atoms with Gasteiger partial charge in [-0.25, -0.2) is 0 Å². The molecule has 88 valence electrons. The van der Waals surface area contributed by atoms with Gasteiger partial charge in [-0.2, -0.15) is 0 Å². The third-order valence-electron chi connectivity index (χ3n) is 2.15. The van der Waals surface area contributed by atoms with Crippen molar-refractivity contribution in [1.82, 2.24) is 0 Å². The second kappa shape index (κ2) is 4.92. The van der Waals surface area contributed by atoms with Crippen molar-refractivity contribution in [2.45, 2.75) is 10.6 Å². The topological polar surface area (TPSA) is 82.3 Å². The van der Waals surface area contributed by atoms with Crippen LogP contribution < -0.4 is 5.73 Å². The summed E-state index contributed by atoms with van der Waals surface area (Å²) in [5, 5.41) is 10.5. The van der Waals surface area contributed by atoms with Crippen LogP contribution >= 0.6 is 11.8 Å². The molecule has 6 heteroatoms. The Morgan fingerprint density at radius 2 is 2.24 bits per heavy atom. The van der Waals surface area contributed by atoms with Gasteiger partial charge < -0.3 is 10.2 Å². The SMILES string of the molecule is Nc1cc([N+](=O)[O-])ccc1SCc1ccco1. The molecule has 0 atom stereocenters. The summed E-state index contributed by atoms with van der Waals surface area (Å²) in [6.07, 6.45) is 1.61. The van der Waals surface area contributed by atoms with E-state index in [0.29, 0.717) is 11.4 Å². The van der Waals surface area contributed by atoms with E-state index in [1.807, 2.05) is 12.1 Å². The van der Waals surface area contributed by atoms with Crippen LogP contribution in [0.5, 0.6) is 0 Å². The minimum absolute atomic E-state index is 0.00449. The van der Waals surface area contributed by atoms with Crippen molar-refractivity contribution in [3.8, 4) is 0 Å². The maximum absolute atomic E-state index is 10.5. The molecule has 0 aliphatic heterocycles. The van der Waals surface area contributed by atoms with Gasteiger partial charge >= 0.3 is 0 Å². The Bertz CT molecular complexity index is 526. The Hall–Kier alpha value is -1.95.